The van der Waals surface area contributed by atoms with Gasteiger partial charge in [-0.2, -0.15) is 22.0 Å². The van der Waals surface area contributed by atoms with Crippen LogP contribution in [0.15, 0.2) is 30.7 Å². The van der Waals surface area contributed by atoms with Crippen molar-refractivity contribution in [1.82, 2.24) is 19.6 Å². The zero-order valence-corrected chi connectivity index (χ0v) is 15.5. The fourth-order valence-electron chi connectivity index (χ4n) is 3.50. The van der Waals surface area contributed by atoms with Gasteiger partial charge in [-0.05, 0) is 38.0 Å². The molecule has 2 N–H and O–H groups in total. The summed E-state index contributed by atoms with van der Waals surface area (Å²) in [5.74, 6) is -0.372. The molecule has 2 aromatic heterocycles. The minimum absolute atomic E-state index is 0.0306. The molecule has 7 nitrogen and oxygen atoms in total. The molecule has 160 valence electrons. The first-order valence-corrected chi connectivity index (χ1v) is 8.87. The standard InChI is InChI=1S/C18H16F5N5O2/c1-17(29)5-10(6-17)25-16-27-26-14(12-7-24-8-28(12)16)11-3-2-9(18(21,22)23)4-13(11)30-15(19)20/h2-4,7-8,10,15,29H,5-6H2,1H3,(H,25,27). The molecule has 1 saturated carbocycles. The van der Waals surface area contributed by atoms with Gasteiger partial charge in [0.1, 0.15) is 17.8 Å². The van der Waals surface area contributed by atoms with Crippen LogP contribution in [0.3, 0.4) is 0 Å². The maximum Gasteiger partial charge on any atom is 0.416 e. The van der Waals surface area contributed by atoms with Crippen molar-refractivity contribution in [3.63, 3.8) is 0 Å². The van der Waals surface area contributed by atoms with E-state index in [0.29, 0.717) is 30.4 Å². The van der Waals surface area contributed by atoms with Crippen molar-refractivity contribution < 1.29 is 31.8 Å². The fourth-order valence-corrected chi connectivity index (χ4v) is 3.50. The van der Waals surface area contributed by atoms with Crippen LogP contribution < -0.4 is 10.1 Å². The number of hydrogen-bond donors (Lipinski definition) is 2. The van der Waals surface area contributed by atoms with Gasteiger partial charge in [0.05, 0.1) is 22.9 Å². The molecule has 0 aliphatic heterocycles. The van der Waals surface area contributed by atoms with Crippen LogP contribution in [-0.2, 0) is 6.18 Å². The lowest BCUT2D eigenvalue weighted by atomic mass is 9.77. The van der Waals surface area contributed by atoms with Gasteiger partial charge in [-0.3, -0.25) is 4.40 Å². The Bertz CT molecular complexity index is 1070. The summed E-state index contributed by atoms with van der Waals surface area (Å²) >= 11 is 0. The van der Waals surface area contributed by atoms with Crippen molar-refractivity contribution in [3.05, 3.63) is 36.3 Å². The number of imidazole rings is 1. The van der Waals surface area contributed by atoms with Gasteiger partial charge in [0, 0.05) is 11.6 Å². The molecule has 1 aromatic carbocycles. The van der Waals surface area contributed by atoms with Gasteiger partial charge >= 0.3 is 12.8 Å². The van der Waals surface area contributed by atoms with Crippen LogP contribution in [0.5, 0.6) is 5.75 Å². The second-order valence-corrected chi connectivity index (χ2v) is 7.35. The molecular formula is C18H16F5N5O2. The zero-order valence-electron chi connectivity index (χ0n) is 15.5. The molecule has 1 aliphatic carbocycles. The highest BCUT2D eigenvalue weighted by Gasteiger charge is 2.39. The van der Waals surface area contributed by atoms with E-state index < -0.39 is 29.7 Å². The number of nitrogens with one attached hydrogen (secondary N) is 1. The molecule has 0 atom stereocenters. The number of aromatic nitrogens is 4. The summed E-state index contributed by atoms with van der Waals surface area (Å²) < 4.78 is 70.5. The van der Waals surface area contributed by atoms with E-state index >= 15 is 0 Å². The molecule has 12 heteroatoms. The molecule has 0 bridgehead atoms. The SMILES string of the molecule is CC1(O)CC(Nc2nnc(-c3ccc(C(F)(F)F)cc3OC(F)F)c3cncn23)C1. The lowest BCUT2D eigenvalue weighted by molar-refractivity contribution is -0.138. The maximum atomic E-state index is 13.0. The molecule has 0 spiro atoms. The van der Waals surface area contributed by atoms with E-state index in [1.807, 2.05) is 0 Å². The second-order valence-electron chi connectivity index (χ2n) is 7.35. The van der Waals surface area contributed by atoms with E-state index in [1.54, 1.807) is 6.92 Å². The van der Waals surface area contributed by atoms with Crippen LogP contribution in [0.2, 0.25) is 0 Å². The van der Waals surface area contributed by atoms with Gasteiger partial charge in [-0.1, -0.05) is 0 Å². The van der Waals surface area contributed by atoms with Crippen LogP contribution >= 0.6 is 0 Å². The average molecular weight is 429 g/mol. The van der Waals surface area contributed by atoms with Gasteiger partial charge in [-0.25, -0.2) is 4.98 Å². The Morgan fingerprint density at radius 2 is 2.00 bits per heavy atom. The maximum absolute atomic E-state index is 13.0. The summed E-state index contributed by atoms with van der Waals surface area (Å²) in [7, 11) is 0. The first-order chi connectivity index (χ1) is 14.0. The third-order valence-electron chi connectivity index (χ3n) is 4.84. The molecule has 0 amide bonds. The van der Waals surface area contributed by atoms with Crippen molar-refractivity contribution in [3.8, 4) is 17.0 Å². The molecule has 4 rings (SSSR count). The van der Waals surface area contributed by atoms with Crippen molar-refractivity contribution in [2.75, 3.05) is 5.32 Å². The van der Waals surface area contributed by atoms with Crippen LogP contribution in [0.4, 0.5) is 27.9 Å². The minimum Gasteiger partial charge on any atom is -0.434 e. The van der Waals surface area contributed by atoms with Crippen LogP contribution in [0.1, 0.15) is 25.3 Å². The topological polar surface area (TPSA) is 84.6 Å². The second kappa shape index (κ2) is 7.04. The van der Waals surface area contributed by atoms with E-state index in [4.69, 9.17) is 0 Å². The van der Waals surface area contributed by atoms with E-state index in [0.717, 1.165) is 12.1 Å². The smallest absolute Gasteiger partial charge is 0.416 e. The molecule has 0 radical (unpaired) electrons. The molecule has 2 heterocycles. The van der Waals surface area contributed by atoms with Gasteiger partial charge < -0.3 is 15.2 Å². The number of fused-ring (bicyclic) bond motifs is 1. The summed E-state index contributed by atoms with van der Waals surface area (Å²) in [5, 5.41) is 21.0. The number of alkyl halides is 5. The number of halogens is 5. The van der Waals surface area contributed by atoms with Crippen molar-refractivity contribution in [2.45, 2.75) is 44.2 Å². The Kier molecular flexibility index (Phi) is 4.76. The van der Waals surface area contributed by atoms with Crippen molar-refractivity contribution in [1.29, 1.82) is 0 Å². The zero-order chi connectivity index (χ0) is 21.7. The van der Waals surface area contributed by atoms with Gasteiger partial charge in [0.25, 0.3) is 0 Å². The summed E-state index contributed by atoms with van der Waals surface area (Å²) in [6.45, 7) is -1.62. The first kappa shape index (κ1) is 20.3. The Morgan fingerprint density at radius 3 is 2.63 bits per heavy atom. The highest BCUT2D eigenvalue weighted by molar-refractivity contribution is 5.81. The van der Waals surface area contributed by atoms with Gasteiger partial charge in [0.15, 0.2) is 0 Å². The number of ether oxygens (including phenoxy) is 1. The molecule has 0 unspecified atom stereocenters. The minimum atomic E-state index is -4.73. The predicted octanol–water partition coefficient (Wildman–Crippen LogP) is 3.74. The van der Waals surface area contributed by atoms with Crippen molar-refractivity contribution in [2.24, 2.45) is 0 Å². The highest BCUT2D eigenvalue weighted by atomic mass is 19.4. The van der Waals surface area contributed by atoms with Crippen LogP contribution in [0, 0.1) is 0 Å². The van der Waals surface area contributed by atoms with Gasteiger partial charge in [0.2, 0.25) is 5.95 Å². The number of aliphatic hydroxyl groups is 1. The lowest BCUT2D eigenvalue weighted by Gasteiger charge is -2.41. The lowest BCUT2D eigenvalue weighted by Crippen LogP contribution is -2.48. The Labute approximate surface area is 166 Å². The summed E-state index contributed by atoms with van der Waals surface area (Å²) in [5.41, 5.74) is -1.62. The molecular weight excluding hydrogens is 413 g/mol. The van der Waals surface area contributed by atoms with E-state index in [9.17, 15) is 27.1 Å². The molecule has 3 aromatic rings. The summed E-state index contributed by atoms with van der Waals surface area (Å²) in [6.07, 6.45) is -0.940. The fraction of sp³-hybridized carbons (Fsp3) is 0.389. The quantitative estimate of drug-likeness (QED) is 0.602. The normalized spacial score (nSPS) is 21.7. The Morgan fingerprint density at radius 1 is 1.27 bits per heavy atom. The number of benzene rings is 1. The number of nitrogens with zero attached hydrogens (tertiary/aromatic N) is 4. The number of rotatable bonds is 5. The monoisotopic (exact) mass is 429 g/mol. The van der Waals surface area contributed by atoms with Crippen LogP contribution in [-0.4, -0.2) is 42.9 Å². The number of hydrogen-bond acceptors (Lipinski definition) is 6. The number of anilines is 1. The molecule has 0 saturated heterocycles. The summed E-state index contributed by atoms with van der Waals surface area (Å²) in [4.78, 5) is 4.00. The third kappa shape index (κ3) is 3.86. The van der Waals surface area contributed by atoms with Gasteiger partial charge in [-0.15, -0.1) is 10.2 Å². The largest absolute Gasteiger partial charge is 0.434 e. The predicted molar refractivity (Wildman–Crippen MR) is 95.1 cm³/mol. The first-order valence-electron chi connectivity index (χ1n) is 8.87. The Hall–Kier alpha value is -3.02. The van der Waals surface area contributed by atoms with E-state index in [-0.39, 0.29) is 17.3 Å². The third-order valence-corrected chi connectivity index (χ3v) is 4.84. The molecule has 1 fully saturated rings. The average Bonchev–Trinajstić information content (AvgIpc) is 3.09. The van der Waals surface area contributed by atoms with Crippen LogP contribution in [0.25, 0.3) is 16.8 Å². The molecule has 1 aliphatic rings. The molecule has 30 heavy (non-hydrogen) atoms. The summed E-state index contributed by atoms with van der Waals surface area (Å²) in [6, 6.07) is 2.21. The van der Waals surface area contributed by atoms with Crippen molar-refractivity contribution >= 4 is 11.5 Å². The Balaban J connectivity index is 1.75. The van der Waals surface area contributed by atoms with E-state index in [2.05, 4.69) is 25.2 Å². The van der Waals surface area contributed by atoms with E-state index in [1.165, 1.54) is 16.9 Å². The highest BCUT2D eigenvalue weighted by Crippen LogP contribution is 2.39.